The van der Waals surface area contributed by atoms with Crippen LogP contribution in [0.1, 0.15) is 18.4 Å². The monoisotopic (exact) mass is 345 g/mol. The maximum atomic E-state index is 11.9. The standard InChI is InChI=1S/C16H23N3O.2ClH/c20-16(14-6-9-17-12-14)18-8-3-10-19-11-7-13-4-1-2-5-15(13)19;;/h1-2,4-5,14,17H,3,6-12H2,(H,18,20);2*1H. The molecule has 6 heteroatoms. The Labute approximate surface area is 144 Å². The predicted molar refractivity (Wildman–Crippen MR) is 95.5 cm³/mol. The lowest BCUT2D eigenvalue weighted by Crippen LogP contribution is -2.34. The van der Waals surface area contributed by atoms with Crippen LogP contribution in [-0.2, 0) is 11.2 Å². The molecule has 1 fully saturated rings. The molecule has 1 saturated heterocycles. The molecule has 2 heterocycles. The number of para-hydroxylation sites is 1. The van der Waals surface area contributed by atoms with Gasteiger partial charge in [0.15, 0.2) is 0 Å². The summed E-state index contributed by atoms with van der Waals surface area (Å²) in [5, 5.41) is 6.30. The molecule has 1 amide bonds. The molecule has 0 aliphatic carbocycles. The molecule has 0 aromatic heterocycles. The summed E-state index contributed by atoms with van der Waals surface area (Å²) in [7, 11) is 0. The highest BCUT2D eigenvalue weighted by Gasteiger charge is 2.22. The Bertz CT molecular complexity index is 478. The number of nitrogens with zero attached hydrogens (tertiary/aromatic N) is 1. The summed E-state index contributed by atoms with van der Waals surface area (Å²) in [6.45, 7) is 4.74. The van der Waals surface area contributed by atoms with E-state index in [2.05, 4.69) is 39.8 Å². The highest BCUT2D eigenvalue weighted by molar-refractivity contribution is 5.85. The van der Waals surface area contributed by atoms with E-state index in [1.54, 1.807) is 0 Å². The van der Waals surface area contributed by atoms with E-state index in [0.717, 1.165) is 52.0 Å². The zero-order chi connectivity index (χ0) is 13.8. The third-order valence-corrected chi connectivity index (χ3v) is 4.32. The number of amides is 1. The largest absolute Gasteiger partial charge is 0.371 e. The van der Waals surface area contributed by atoms with E-state index in [-0.39, 0.29) is 36.6 Å². The summed E-state index contributed by atoms with van der Waals surface area (Å²) < 4.78 is 0. The molecule has 2 aliphatic rings. The van der Waals surface area contributed by atoms with Crippen LogP contribution in [0.25, 0.3) is 0 Å². The summed E-state index contributed by atoms with van der Waals surface area (Å²) in [4.78, 5) is 14.3. The number of benzene rings is 1. The molecule has 1 aromatic carbocycles. The molecule has 2 N–H and O–H groups in total. The number of rotatable bonds is 5. The number of carbonyl (C=O) groups excluding carboxylic acids is 1. The van der Waals surface area contributed by atoms with Gasteiger partial charge < -0.3 is 15.5 Å². The van der Waals surface area contributed by atoms with Crippen molar-refractivity contribution in [1.82, 2.24) is 10.6 Å². The van der Waals surface area contributed by atoms with E-state index >= 15 is 0 Å². The molecule has 0 saturated carbocycles. The van der Waals surface area contributed by atoms with Gasteiger partial charge in [-0.2, -0.15) is 0 Å². The van der Waals surface area contributed by atoms with Gasteiger partial charge in [0.2, 0.25) is 5.91 Å². The van der Waals surface area contributed by atoms with Crippen molar-refractivity contribution in [2.75, 3.05) is 37.6 Å². The fraction of sp³-hybridized carbons (Fsp3) is 0.562. The van der Waals surface area contributed by atoms with Crippen molar-refractivity contribution in [3.63, 3.8) is 0 Å². The highest BCUT2D eigenvalue weighted by Crippen LogP contribution is 2.27. The Morgan fingerprint density at radius 1 is 1.32 bits per heavy atom. The summed E-state index contributed by atoms with van der Waals surface area (Å²) >= 11 is 0. The van der Waals surface area contributed by atoms with Crippen LogP contribution in [0, 0.1) is 5.92 Å². The van der Waals surface area contributed by atoms with Gasteiger partial charge in [0.05, 0.1) is 5.92 Å². The van der Waals surface area contributed by atoms with Crippen LogP contribution in [0.15, 0.2) is 24.3 Å². The summed E-state index contributed by atoms with van der Waals surface area (Å²) in [5.74, 6) is 0.402. The number of nitrogens with one attached hydrogen (secondary N) is 2. The normalized spacial score (nSPS) is 19.1. The first-order chi connectivity index (χ1) is 9.84. The number of fused-ring (bicyclic) bond motifs is 1. The van der Waals surface area contributed by atoms with Crippen molar-refractivity contribution in [3.05, 3.63) is 29.8 Å². The maximum Gasteiger partial charge on any atom is 0.224 e. The molecule has 1 atom stereocenters. The highest BCUT2D eigenvalue weighted by atomic mass is 35.5. The minimum Gasteiger partial charge on any atom is -0.371 e. The smallest absolute Gasteiger partial charge is 0.224 e. The Kier molecular flexibility index (Phi) is 8.01. The third-order valence-electron chi connectivity index (χ3n) is 4.32. The van der Waals surface area contributed by atoms with Crippen LogP contribution in [-0.4, -0.2) is 38.6 Å². The van der Waals surface area contributed by atoms with Crippen LogP contribution in [0.2, 0.25) is 0 Å². The number of hydrogen-bond donors (Lipinski definition) is 2. The van der Waals surface area contributed by atoms with Crippen molar-refractivity contribution in [1.29, 1.82) is 0 Å². The maximum absolute atomic E-state index is 11.9. The van der Waals surface area contributed by atoms with E-state index in [1.807, 2.05) is 0 Å². The van der Waals surface area contributed by atoms with Crippen molar-refractivity contribution in [2.24, 2.45) is 5.92 Å². The molecule has 1 unspecified atom stereocenters. The quantitative estimate of drug-likeness (QED) is 0.802. The molecule has 0 spiro atoms. The van der Waals surface area contributed by atoms with Crippen molar-refractivity contribution in [2.45, 2.75) is 19.3 Å². The molecular formula is C16H25Cl2N3O. The predicted octanol–water partition coefficient (Wildman–Crippen LogP) is 2.01. The van der Waals surface area contributed by atoms with Crippen molar-refractivity contribution < 1.29 is 4.79 Å². The first kappa shape index (κ1) is 19.1. The Morgan fingerprint density at radius 3 is 2.91 bits per heavy atom. The second kappa shape index (κ2) is 9.23. The molecule has 3 rings (SSSR count). The van der Waals surface area contributed by atoms with Crippen molar-refractivity contribution >= 4 is 36.4 Å². The van der Waals surface area contributed by atoms with Crippen LogP contribution >= 0.6 is 24.8 Å². The molecule has 22 heavy (non-hydrogen) atoms. The van der Waals surface area contributed by atoms with E-state index in [4.69, 9.17) is 0 Å². The molecule has 0 radical (unpaired) electrons. The van der Waals surface area contributed by atoms with Crippen LogP contribution < -0.4 is 15.5 Å². The Morgan fingerprint density at radius 2 is 2.14 bits per heavy atom. The lowest BCUT2D eigenvalue weighted by molar-refractivity contribution is -0.124. The van der Waals surface area contributed by atoms with Gasteiger partial charge in [-0.05, 0) is 37.4 Å². The van der Waals surface area contributed by atoms with Gasteiger partial charge in [-0.1, -0.05) is 18.2 Å². The lowest BCUT2D eigenvalue weighted by Gasteiger charge is -2.19. The van der Waals surface area contributed by atoms with Gasteiger partial charge in [0.1, 0.15) is 0 Å². The molecule has 0 bridgehead atoms. The number of carbonyl (C=O) groups is 1. The van der Waals surface area contributed by atoms with Crippen LogP contribution in [0.5, 0.6) is 0 Å². The molecule has 1 aromatic rings. The first-order valence-electron chi connectivity index (χ1n) is 7.66. The van der Waals surface area contributed by atoms with Gasteiger partial charge >= 0.3 is 0 Å². The Balaban J connectivity index is 0.00000121. The van der Waals surface area contributed by atoms with Gasteiger partial charge in [-0.15, -0.1) is 24.8 Å². The minimum atomic E-state index is 0. The first-order valence-corrected chi connectivity index (χ1v) is 7.66. The molecular weight excluding hydrogens is 321 g/mol. The SMILES string of the molecule is Cl.Cl.O=C(NCCCN1CCc2ccccc21)C1CCNC1. The number of halogens is 2. The van der Waals surface area contributed by atoms with E-state index < -0.39 is 0 Å². The topological polar surface area (TPSA) is 44.4 Å². The zero-order valence-corrected chi connectivity index (χ0v) is 14.3. The van der Waals surface area contributed by atoms with Crippen molar-refractivity contribution in [3.8, 4) is 0 Å². The second-order valence-corrected chi connectivity index (χ2v) is 5.70. The zero-order valence-electron chi connectivity index (χ0n) is 12.7. The molecule has 4 nitrogen and oxygen atoms in total. The van der Waals surface area contributed by atoms with E-state index in [1.165, 1.54) is 11.3 Å². The summed E-state index contributed by atoms with van der Waals surface area (Å²) in [6.07, 6.45) is 3.14. The van der Waals surface area contributed by atoms with Gasteiger partial charge in [-0.25, -0.2) is 0 Å². The van der Waals surface area contributed by atoms with Gasteiger partial charge in [0, 0.05) is 31.9 Å². The molecule has 2 aliphatic heterocycles. The summed E-state index contributed by atoms with van der Waals surface area (Å²) in [5.41, 5.74) is 2.83. The lowest BCUT2D eigenvalue weighted by atomic mass is 10.1. The third kappa shape index (κ3) is 4.51. The second-order valence-electron chi connectivity index (χ2n) is 5.70. The average molecular weight is 346 g/mol. The number of hydrogen-bond acceptors (Lipinski definition) is 3. The minimum absolute atomic E-state index is 0. The average Bonchev–Trinajstić information content (AvgIpc) is 3.13. The van der Waals surface area contributed by atoms with Gasteiger partial charge in [0.25, 0.3) is 0 Å². The Hall–Kier alpha value is -0.970. The number of anilines is 1. The van der Waals surface area contributed by atoms with Crippen LogP contribution in [0.3, 0.4) is 0 Å². The summed E-state index contributed by atoms with van der Waals surface area (Å²) in [6, 6.07) is 8.62. The van der Waals surface area contributed by atoms with Crippen LogP contribution in [0.4, 0.5) is 5.69 Å². The van der Waals surface area contributed by atoms with E-state index in [9.17, 15) is 4.79 Å². The fourth-order valence-corrected chi connectivity index (χ4v) is 3.14. The van der Waals surface area contributed by atoms with E-state index in [0.29, 0.717) is 0 Å². The van der Waals surface area contributed by atoms with Gasteiger partial charge in [-0.3, -0.25) is 4.79 Å². The fourth-order valence-electron chi connectivity index (χ4n) is 3.14. The molecule has 124 valence electrons.